The summed E-state index contributed by atoms with van der Waals surface area (Å²) in [7, 11) is 3.50. The second-order valence-corrected chi connectivity index (χ2v) is 8.81. The number of morpholine rings is 1. The first-order chi connectivity index (χ1) is 15.0. The molecule has 0 bridgehead atoms. The van der Waals surface area contributed by atoms with Crippen LogP contribution in [-0.4, -0.2) is 72.5 Å². The van der Waals surface area contributed by atoms with Gasteiger partial charge in [-0.25, -0.2) is 0 Å². The highest BCUT2D eigenvalue weighted by Crippen LogP contribution is 2.37. The first kappa shape index (κ1) is 20.0. The highest BCUT2D eigenvalue weighted by Gasteiger charge is 2.27. The van der Waals surface area contributed by atoms with E-state index in [1.54, 1.807) is 23.3 Å². The Hall–Kier alpha value is -2.88. The minimum Gasteiger partial charge on any atom is -0.497 e. The van der Waals surface area contributed by atoms with Crippen LogP contribution in [0.5, 0.6) is 5.75 Å². The number of nitrogens with zero attached hydrogens (tertiary/aromatic N) is 3. The Morgan fingerprint density at radius 1 is 1.26 bits per heavy atom. The quantitative estimate of drug-likeness (QED) is 0.497. The Labute approximate surface area is 183 Å². The van der Waals surface area contributed by atoms with E-state index < -0.39 is 0 Å². The van der Waals surface area contributed by atoms with Crippen molar-refractivity contribution in [3.05, 3.63) is 30.3 Å². The minimum atomic E-state index is -0.169. The lowest BCUT2D eigenvalue weighted by Crippen LogP contribution is -2.50. The zero-order valence-corrected chi connectivity index (χ0v) is 18.6. The van der Waals surface area contributed by atoms with Crippen LogP contribution in [0.15, 0.2) is 30.3 Å². The number of nitrogens with one attached hydrogen (secondary N) is 2. The molecule has 0 spiro atoms. The van der Waals surface area contributed by atoms with E-state index in [1.807, 2.05) is 38.2 Å². The van der Waals surface area contributed by atoms with Gasteiger partial charge in [-0.05, 0) is 31.2 Å². The highest BCUT2D eigenvalue weighted by molar-refractivity contribution is 7.23. The lowest BCUT2D eigenvalue weighted by atomic mass is 10.1. The number of hydrogen-bond donors (Lipinski definition) is 2. The third kappa shape index (κ3) is 3.58. The molecule has 1 amide bonds. The van der Waals surface area contributed by atoms with Gasteiger partial charge in [0.2, 0.25) is 5.91 Å². The fourth-order valence-electron chi connectivity index (χ4n) is 4.04. The molecule has 1 atom stereocenters. The molecule has 0 aliphatic carbocycles. The summed E-state index contributed by atoms with van der Waals surface area (Å²) in [5.41, 5.74) is 3.74. The van der Waals surface area contributed by atoms with Gasteiger partial charge in [0.05, 0.1) is 47.8 Å². The third-order valence-corrected chi connectivity index (χ3v) is 7.09. The molecule has 8 nitrogen and oxygen atoms in total. The molecule has 1 fully saturated rings. The topological polar surface area (TPSA) is 86.5 Å². The number of carbonyl (C=O) groups is 1. The van der Waals surface area contributed by atoms with Crippen molar-refractivity contribution in [1.29, 1.82) is 0 Å². The Kier molecular flexibility index (Phi) is 5.17. The van der Waals surface area contributed by atoms with Crippen LogP contribution >= 0.6 is 11.3 Å². The summed E-state index contributed by atoms with van der Waals surface area (Å²) in [6.45, 7) is 4.92. The smallest absolute Gasteiger partial charge is 0.244 e. The second-order valence-electron chi connectivity index (χ2n) is 7.75. The molecule has 4 aromatic rings. The summed E-state index contributed by atoms with van der Waals surface area (Å²) in [6, 6.07) is 9.83. The summed E-state index contributed by atoms with van der Waals surface area (Å²) in [4.78, 5) is 20.4. The number of aromatic nitrogens is 3. The summed E-state index contributed by atoms with van der Waals surface area (Å²) < 4.78 is 11.8. The average molecular weight is 440 g/mol. The van der Waals surface area contributed by atoms with E-state index in [-0.39, 0.29) is 11.9 Å². The molecule has 0 radical (unpaired) electrons. The number of rotatable bonds is 5. The Morgan fingerprint density at radius 2 is 2.06 bits per heavy atom. The Balaban J connectivity index is 1.39. The lowest BCUT2D eigenvalue weighted by Gasteiger charge is -2.33. The van der Waals surface area contributed by atoms with E-state index in [4.69, 9.17) is 9.47 Å². The van der Waals surface area contributed by atoms with Crippen LogP contribution in [0.2, 0.25) is 0 Å². The van der Waals surface area contributed by atoms with Crippen LogP contribution in [0, 0.1) is 0 Å². The number of H-pyrrole nitrogens is 2. The van der Waals surface area contributed by atoms with Gasteiger partial charge in [-0.3, -0.25) is 14.8 Å². The van der Waals surface area contributed by atoms with E-state index in [9.17, 15) is 4.79 Å². The maximum atomic E-state index is 13.0. The average Bonchev–Trinajstić information content (AvgIpc) is 3.50. The molecule has 1 aliphatic rings. The molecule has 3 aromatic heterocycles. The molecule has 1 aliphatic heterocycles. The van der Waals surface area contributed by atoms with Gasteiger partial charge >= 0.3 is 0 Å². The molecule has 2 N–H and O–H groups in total. The summed E-state index contributed by atoms with van der Waals surface area (Å²) in [6.07, 6.45) is 0. The third-order valence-electron chi connectivity index (χ3n) is 5.93. The van der Waals surface area contributed by atoms with Crippen LogP contribution in [0.25, 0.3) is 32.5 Å². The Morgan fingerprint density at radius 3 is 2.81 bits per heavy atom. The van der Waals surface area contributed by atoms with E-state index in [0.717, 1.165) is 56.3 Å². The number of aromatic amines is 2. The number of likely N-dealkylation sites (N-methyl/N-ethyl adjacent to an activating group) is 1. The predicted molar refractivity (Wildman–Crippen MR) is 123 cm³/mol. The normalized spacial score (nSPS) is 16.1. The first-order valence-electron chi connectivity index (χ1n) is 10.3. The molecule has 162 valence electrons. The molecule has 1 aromatic carbocycles. The fraction of sp³-hybridized carbons (Fsp3) is 0.364. The van der Waals surface area contributed by atoms with Crippen LogP contribution in [-0.2, 0) is 9.53 Å². The lowest BCUT2D eigenvalue weighted by molar-refractivity contribution is -0.124. The van der Waals surface area contributed by atoms with E-state index in [2.05, 4.69) is 26.1 Å². The maximum Gasteiger partial charge on any atom is 0.244 e. The number of amides is 1. The van der Waals surface area contributed by atoms with Crippen molar-refractivity contribution in [2.75, 3.05) is 45.4 Å². The number of methoxy groups -OCH3 is 1. The standard InChI is InChI=1S/C22H25N5O3S/c1-13(27-6-8-30-9-7-27)22(28)26(2)20-12-17-19(31-20)11-18(23-17)21-15-5-4-14(29-3)10-16(15)24-25-21/h4-5,10-13,23H,6-9H2,1-3H3,(H,24,25). The van der Waals surface area contributed by atoms with Crippen LogP contribution in [0.3, 0.4) is 0 Å². The van der Waals surface area contributed by atoms with Gasteiger partial charge in [-0.2, -0.15) is 5.10 Å². The minimum absolute atomic E-state index is 0.0956. The monoisotopic (exact) mass is 439 g/mol. The molecule has 1 unspecified atom stereocenters. The summed E-state index contributed by atoms with van der Waals surface area (Å²) >= 11 is 1.60. The summed E-state index contributed by atoms with van der Waals surface area (Å²) in [5, 5.41) is 9.52. The van der Waals surface area contributed by atoms with Gasteiger partial charge in [0.15, 0.2) is 0 Å². The number of thiophene rings is 1. The summed E-state index contributed by atoms with van der Waals surface area (Å²) in [5.74, 6) is 0.886. The van der Waals surface area contributed by atoms with Crippen LogP contribution in [0.4, 0.5) is 5.00 Å². The maximum absolute atomic E-state index is 13.0. The van der Waals surface area contributed by atoms with Crippen molar-refractivity contribution in [2.45, 2.75) is 13.0 Å². The van der Waals surface area contributed by atoms with Crippen molar-refractivity contribution >= 4 is 43.4 Å². The first-order valence-corrected chi connectivity index (χ1v) is 11.1. The van der Waals surface area contributed by atoms with Gasteiger partial charge in [0.25, 0.3) is 0 Å². The largest absolute Gasteiger partial charge is 0.497 e. The molecule has 1 saturated heterocycles. The molecule has 9 heteroatoms. The molecule has 5 rings (SSSR count). The van der Waals surface area contributed by atoms with Crippen LogP contribution < -0.4 is 9.64 Å². The van der Waals surface area contributed by atoms with Crippen molar-refractivity contribution in [1.82, 2.24) is 20.1 Å². The second kappa shape index (κ2) is 7.99. The number of hydrogen-bond acceptors (Lipinski definition) is 6. The van der Waals surface area contributed by atoms with Crippen LogP contribution in [0.1, 0.15) is 6.92 Å². The Bertz CT molecular complexity index is 1210. The van der Waals surface area contributed by atoms with E-state index in [1.165, 1.54) is 0 Å². The predicted octanol–water partition coefficient (Wildman–Crippen LogP) is 3.46. The molecular weight excluding hydrogens is 414 g/mol. The molecular formula is C22H25N5O3S. The van der Waals surface area contributed by atoms with E-state index >= 15 is 0 Å². The number of ether oxygens (including phenoxy) is 2. The molecule has 31 heavy (non-hydrogen) atoms. The van der Waals surface area contributed by atoms with Gasteiger partial charge in [-0.15, -0.1) is 11.3 Å². The zero-order valence-electron chi connectivity index (χ0n) is 17.8. The van der Waals surface area contributed by atoms with Crippen molar-refractivity contribution in [3.8, 4) is 17.1 Å². The number of anilines is 1. The highest BCUT2D eigenvalue weighted by atomic mass is 32.1. The number of fused-ring (bicyclic) bond motifs is 2. The number of carbonyl (C=O) groups excluding carboxylic acids is 1. The van der Waals surface area contributed by atoms with Crippen molar-refractivity contribution in [2.24, 2.45) is 0 Å². The van der Waals surface area contributed by atoms with Gasteiger partial charge < -0.3 is 19.4 Å². The van der Waals surface area contributed by atoms with Crippen molar-refractivity contribution in [3.63, 3.8) is 0 Å². The van der Waals surface area contributed by atoms with Crippen molar-refractivity contribution < 1.29 is 14.3 Å². The fourth-order valence-corrected chi connectivity index (χ4v) is 5.07. The van der Waals surface area contributed by atoms with Gasteiger partial charge in [0, 0.05) is 31.6 Å². The van der Waals surface area contributed by atoms with Gasteiger partial charge in [0.1, 0.15) is 16.4 Å². The molecule has 0 saturated carbocycles. The van der Waals surface area contributed by atoms with E-state index in [0.29, 0.717) is 13.2 Å². The van der Waals surface area contributed by atoms with Gasteiger partial charge in [-0.1, -0.05) is 0 Å². The zero-order chi connectivity index (χ0) is 21.5. The number of benzene rings is 1. The SMILES string of the molecule is COc1ccc2c(-c3cc4sc(N(C)C(=O)C(C)N5CCOCC5)cc4[nH]3)n[nH]c2c1. The molecule has 4 heterocycles.